The quantitative estimate of drug-likeness (QED) is 0.836. The molecule has 1 unspecified atom stereocenters. The molecule has 100 valence electrons. The molecule has 0 radical (unpaired) electrons. The van der Waals surface area contributed by atoms with Gasteiger partial charge in [0.1, 0.15) is 0 Å². The van der Waals surface area contributed by atoms with Gasteiger partial charge in [0.15, 0.2) is 0 Å². The van der Waals surface area contributed by atoms with Crippen LogP contribution in [-0.2, 0) is 11.3 Å². The Kier molecular flexibility index (Phi) is 4.95. The summed E-state index contributed by atoms with van der Waals surface area (Å²) in [5.41, 5.74) is 3.19. The van der Waals surface area contributed by atoms with E-state index < -0.39 is 0 Å². The summed E-state index contributed by atoms with van der Waals surface area (Å²) in [5, 5.41) is 12.8. The van der Waals surface area contributed by atoms with Gasteiger partial charge >= 0.3 is 0 Å². The molecule has 0 aliphatic heterocycles. The highest BCUT2D eigenvalue weighted by atomic mass is 16.5. The lowest BCUT2D eigenvalue weighted by Gasteiger charge is -2.18. The van der Waals surface area contributed by atoms with Crippen molar-refractivity contribution in [1.82, 2.24) is 0 Å². The van der Waals surface area contributed by atoms with E-state index in [1.165, 1.54) is 0 Å². The third-order valence-corrected chi connectivity index (χ3v) is 2.99. The lowest BCUT2D eigenvalue weighted by molar-refractivity contribution is 0.185. The lowest BCUT2D eigenvalue weighted by Crippen LogP contribution is -2.14. The molecule has 0 aliphatic rings. The summed E-state index contributed by atoms with van der Waals surface area (Å²) in [6.45, 7) is 0.661. The van der Waals surface area contributed by atoms with Gasteiger partial charge < -0.3 is 15.2 Å². The molecule has 0 aromatic heterocycles. The Balaban J connectivity index is 2.08. The van der Waals surface area contributed by atoms with E-state index in [0.29, 0.717) is 6.61 Å². The summed E-state index contributed by atoms with van der Waals surface area (Å²) in [5.74, 6) is 0. The average molecular weight is 257 g/mol. The van der Waals surface area contributed by atoms with E-state index in [-0.39, 0.29) is 12.6 Å². The van der Waals surface area contributed by atoms with Crippen LogP contribution in [0, 0.1) is 0 Å². The predicted molar refractivity (Wildman–Crippen MR) is 77.0 cm³/mol. The topological polar surface area (TPSA) is 41.5 Å². The third-order valence-electron chi connectivity index (χ3n) is 2.99. The van der Waals surface area contributed by atoms with Gasteiger partial charge in [0.25, 0.3) is 0 Å². The number of hydrogen-bond acceptors (Lipinski definition) is 3. The van der Waals surface area contributed by atoms with Crippen molar-refractivity contribution in [2.24, 2.45) is 0 Å². The van der Waals surface area contributed by atoms with Crippen LogP contribution in [0.1, 0.15) is 17.2 Å². The maximum absolute atomic E-state index is 9.53. The fourth-order valence-electron chi connectivity index (χ4n) is 1.98. The summed E-state index contributed by atoms with van der Waals surface area (Å²) in [4.78, 5) is 0. The Bertz CT molecular complexity index is 482. The van der Waals surface area contributed by atoms with Crippen molar-refractivity contribution in [3.05, 3.63) is 65.7 Å². The molecule has 19 heavy (non-hydrogen) atoms. The Morgan fingerprint density at radius 1 is 1.05 bits per heavy atom. The van der Waals surface area contributed by atoms with Gasteiger partial charge in [-0.2, -0.15) is 0 Å². The zero-order valence-electron chi connectivity index (χ0n) is 11.0. The van der Waals surface area contributed by atoms with E-state index in [1.807, 2.05) is 54.6 Å². The highest BCUT2D eigenvalue weighted by molar-refractivity contribution is 5.45. The standard InChI is InChI=1S/C16H19NO2/c1-19-12-13-7-9-14(10-8-13)16(11-18)17-15-5-3-2-4-6-15/h2-10,16-18H,11-12H2,1H3. The second-order valence-electron chi connectivity index (χ2n) is 4.42. The Labute approximate surface area is 113 Å². The molecular weight excluding hydrogens is 238 g/mol. The SMILES string of the molecule is COCc1ccc(C(CO)Nc2ccccc2)cc1. The fraction of sp³-hybridized carbons (Fsp3) is 0.250. The van der Waals surface area contributed by atoms with Crippen LogP contribution in [0.4, 0.5) is 5.69 Å². The first-order valence-corrected chi connectivity index (χ1v) is 6.33. The van der Waals surface area contributed by atoms with Gasteiger partial charge in [-0.25, -0.2) is 0 Å². The van der Waals surface area contributed by atoms with Crippen LogP contribution in [0.15, 0.2) is 54.6 Å². The van der Waals surface area contributed by atoms with Crippen molar-refractivity contribution in [1.29, 1.82) is 0 Å². The number of methoxy groups -OCH3 is 1. The summed E-state index contributed by atoms with van der Waals surface area (Å²) in [7, 11) is 1.68. The van der Waals surface area contributed by atoms with E-state index in [4.69, 9.17) is 4.74 Å². The van der Waals surface area contributed by atoms with Crippen molar-refractivity contribution in [3.8, 4) is 0 Å². The molecule has 0 saturated heterocycles. The number of anilines is 1. The van der Waals surface area contributed by atoms with E-state index in [2.05, 4.69) is 5.32 Å². The van der Waals surface area contributed by atoms with Crippen LogP contribution in [0.25, 0.3) is 0 Å². The molecule has 0 fully saturated rings. The molecular formula is C16H19NO2. The smallest absolute Gasteiger partial charge is 0.0745 e. The first kappa shape index (κ1) is 13.6. The predicted octanol–water partition coefficient (Wildman–Crippen LogP) is 2.98. The minimum atomic E-state index is -0.0982. The molecule has 0 amide bonds. The van der Waals surface area contributed by atoms with Crippen LogP contribution in [0.2, 0.25) is 0 Å². The van der Waals surface area contributed by atoms with E-state index in [9.17, 15) is 5.11 Å². The fourth-order valence-corrected chi connectivity index (χ4v) is 1.98. The summed E-state index contributed by atoms with van der Waals surface area (Å²) < 4.78 is 5.09. The number of rotatable bonds is 6. The number of hydrogen-bond donors (Lipinski definition) is 2. The molecule has 2 rings (SSSR count). The van der Waals surface area contributed by atoms with Crippen molar-refractivity contribution in [3.63, 3.8) is 0 Å². The van der Waals surface area contributed by atoms with E-state index in [1.54, 1.807) is 7.11 Å². The summed E-state index contributed by atoms with van der Waals surface area (Å²) >= 11 is 0. The molecule has 0 heterocycles. The second-order valence-corrected chi connectivity index (χ2v) is 4.42. The van der Waals surface area contributed by atoms with Crippen LogP contribution < -0.4 is 5.32 Å². The molecule has 2 aromatic rings. The number of nitrogens with one attached hydrogen (secondary N) is 1. The molecule has 0 aliphatic carbocycles. The molecule has 2 N–H and O–H groups in total. The van der Waals surface area contributed by atoms with Crippen molar-refractivity contribution in [2.45, 2.75) is 12.6 Å². The Morgan fingerprint density at radius 3 is 2.32 bits per heavy atom. The van der Waals surface area contributed by atoms with E-state index >= 15 is 0 Å². The Hall–Kier alpha value is -1.84. The van der Waals surface area contributed by atoms with Gasteiger partial charge in [-0.15, -0.1) is 0 Å². The first-order valence-electron chi connectivity index (χ1n) is 6.33. The molecule has 3 nitrogen and oxygen atoms in total. The van der Waals surface area contributed by atoms with E-state index in [0.717, 1.165) is 16.8 Å². The zero-order valence-corrected chi connectivity index (χ0v) is 11.0. The monoisotopic (exact) mass is 257 g/mol. The normalized spacial score (nSPS) is 12.1. The maximum atomic E-state index is 9.53. The number of ether oxygens (including phenoxy) is 1. The van der Waals surface area contributed by atoms with Crippen molar-refractivity contribution < 1.29 is 9.84 Å². The van der Waals surface area contributed by atoms with Crippen molar-refractivity contribution >= 4 is 5.69 Å². The molecule has 0 spiro atoms. The van der Waals surface area contributed by atoms with Gasteiger partial charge in [-0.05, 0) is 23.3 Å². The number of aliphatic hydroxyl groups is 1. The van der Waals surface area contributed by atoms with Gasteiger partial charge in [0.2, 0.25) is 0 Å². The molecule has 0 bridgehead atoms. The van der Waals surface area contributed by atoms with Gasteiger partial charge in [0.05, 0.1) is 19.3 Å². The van der Waals surface area contributed by atoms with Crippen molar-refractivity contribution in [2.75, 3.05) is 19.0 Å². The third kappa shape index (κ3) is 3.81. The van der Waals surface area contributed by atoms with Crippen LogP contribution in [0.5, 0.6) is 0 Å². The molecule has 1 atom stereocenters. The maximum Gasteiger partial charge on any atom is 0.0745 e. The second kappa shape index (κ2) is 6.92. The van der Waals surface area contributed by atoms with Crippen LogP contribution in [0.3, 0.4) is 0 Å². The number of benzene rings is 2. The van der Waals surface area contributed by atoms with Gasteiger partial charge in [-0.1, -0.05) is 42.5 Å². The summed E-state index contributed by atoms with van der Waals surface area (Å²) in [6.07, 6.45) is 0. The largest absolute Gasteiger partial charge is 0.394 e. The first-order chi connectivity index (χ1) is 9.33. The minimum absolute atomic E-state index is 0.0541. The van der Waals surface area contributed by atoms with Crippen LogP contribution in [-0.4, -0.2) is 18.8 Å². The molecule has 3 heteroatoms. The highest BCUT2D eigenvalue weighted by Crippen LogP contribution is 2.19. The Morgan fingerprint density at radius 2 is 1.74 bits per heavy atom. The highest BCUT2D eigenvalue weighted by Gasteiger charge is 2.09. The number of para-hydroxylation sites is 1. The average Bonchev–Trinajstić information content (AvgIpc) is 2.47. The van der Waals surface area contributed by atoms with Gasteiger partial charge in [-0.3, -0.25) is 0 Å². The molecule has 2 aromatic carbocycles. The number of aliphatic hydroxyl groups excluding tert-OH is 1. The van der Waals surface area contributed by atoms with Gasteiger partial charge in [0, 0.05) is 12.8 Å². The summed E-state index contributed by atoms with van der Waals surface area (Å²) in [6, 6.07) is 17.9. The van der Waals surface area contributed by atoms with Crippen LogP contribution >= 0.6 is 0 Å². The lowest BCUT2D eigenvalue weighted by atomic mass is 10.1. The molecule has 0 saturated carbocycles. The zero-order chi connectivity index (χ0) is 13.5. The minimum Gasteiger partial charge on any atom is -0.394 e.